The van der Waals surface area contributed by atoms with Gasteiger partial charge in [-0.15, -0.1) is 12.4 Å². The summed E-state index contributed by atoms with van der Waals surface area (Å²) in [6, 6.07) is 18.9. The smallest absolute Gasteiger partial charge is 0.244 e. The van der Waals surface area contributed by atoms with Crippen molar-refractivity contribution in [3.63, 3.8) is 0 Å². The van der Waals surface area contributed by atoms with E-state index in [1.54, 1.807) is 6.92 Å². The Morgan fingerprint density at radius 3 is 2.22 bits per heavy atom. The van der Waals surface area contributed by atoms with Gasteiger partial charge in [-0.2, -0.15) is 0 Å². The summed E-state index contributed by atoms with van der Waals surface area (Å²) in [5, 5.41) is 2.85. The Morgan fingerprint density at radius 1 is 1.13 bits per heavy atom. The van der Waals surface area contributed by atoms with Crippen molar-refractivity contribution >= 4 is 18.3 Å². The molecule has 0 aromatic heterocycles. The molecular formula is C18H23ClN2O2. The number of amides is 1. The number of ether oxygens (including phenoxy) is 1. The zero-order valence-corrected chi connectivity index (χ0v) is 14.2. The third kappa shape index (κ3) is 5.27. The van der Waals surface area contributed by atoms with E-state index in [9.17, 15) is 4.79 Å². The molecule has 0 aliphatic heterocycles. The minimum atomic E-state index is -1.06. The third-order valence-electron chi connectivity index (χ3n) is 3.48. The molecule has 0 aliphatic carbocycles. The van der Waals surface area contributed by atoms with Crippen LogP contribution in [0.25, 0.3) is 0 Å². The van der Waals surface area contributed by atoms with Crippen molar-refractivity contribution in [1.29, 1.82) is 0 Å². The number of halogens is 1. The summed E-state index contributed by atoms with van der Waals surface area (Å²) < 4.78 is 5.73. The fraction of sp³-hybridized carbons (Fsp3) is 0.278. The Morgan fingerprint density at radius 2 is 1.65 bits per heavy atom. The first-order valence-corrected chi connectivity index (χ1v) is 7.34. The van der Waals surface area contributed by atoms with Crippen LogP contribution in [0.4, 0.5) is 0 Å². The van der Waals surface area contributed by atoms with E-state index in [2.05, 4.69) is 5.32 Å². The van der Waals surface area contributed by atoms with E-state index in [0.29, 0.717) is 6.54 Å². The maximum Gasteiger partial charge on any atom is 0.244 e. The SMILES string of the molecule is CC(CNC(=O)C(C)(N)c1ccccc1)Oc1ccccc1.Cl. The van der Waals surface area contributed by atoms with E-state index >= 15 is 0 Å². The monoisotopic (exact) mass is 334 g/mol. The number of hydrogen-bond acceptors (Lipinski definition) is 3. The van der Waals surface area contributed by atoms with Crippen LogP contribution in [0.1, 0.15) is 19.4 Å². The van der Waals surface area contributed by atoms with Gasteiger partial charge in [-0.3, -0.25) is 4.79 Å². The number of nitrogens with one attached hydrogen (secondary N) is 1. The van der Waals surface area contributed by atoms with E-state index in [-0.39, 0.29) is 24.4 Å². The summed E-state index contributed by atoms with van der Waals surface area (Å²) in [7, 11) is 0. The van der Waals surface area contributed by atoms with Gasteiger partial charge in [-0.1, -0.05) is 48.5 Å². The van der Waals surface area contributed by atoms with Crippen LogP contribution in [-0.4, -0.2) is 18.6 Å². The van der Waals surface area contributed by atoms with E-state index in [1.807, 2.05) is 67.6 Å². The molecule has 0 aliphatic rings. The molecule has 4 nitrogen and oxygen atoms in total. The Kier molecular flexibility index (Phi) is 7.07. The van der Waals surface area contributed by atoms with Crippen LogP contribution in [-0.2, 0) is 10.3 Å². The molecule has 2 unspecified atom stereocenters. The standard InChI is InChI=1S/C18H22N2O2.ClH/c1-14(22-16-11-7-4-8-12-16)13-20-17(21)18(2,19)15-9-5-3-6-10-15;/h3-12,14H,13,19H2,1-2H3,(H,20,21);1H. The topological polar surface area (TPSA) is 64.4 Å². The molecule has 5 heteroatoms. The van der Waals surface area contributed by atoms with Gasteiger partial charge >= 0.3 is 0 Å². The molecule has 0 bridgehead atoms. The molecular weight excluding hydrogens is 312 g/mol. The van der Waals surface area contributed by atoms with Crippen LogP contribution in [0.15, 0.2) is 60.7 Å². The van der Waals surface area contributed by atoms with E-state index < -0.39 is 5.54 Å². The highest BCUT2D eigenvalue weighted by Gasteiger charge is 2.30. The van der Waals surface area contributed by atoms with Crippen LogP contribution in [0.5, 0.6) is 5.75 Å². The number of para-hydroxylation sites is 1. The van der Waals surface area contributed by atoms with Crippen LogP contribution in [0, 0.1) is 0 Å². The van der Waals surface area contributed by atoms with Gasteiger partial charge in [0.25, 0.3) is 0 Å². The summed E-state index contributed by atoms with van der Waals surface area (Å²) in [6.45, 7) is 4.01. The second kappa shape index (κ2) is 8.56. The van der Waals surface area contributed by atoms with Crippen LogP contribution >= 0.6 is 12.4 Å². The maximum atomic E-state index is 12.3. The van der Waals surface area contributed by atoms with Crippen molar-refractivity contribution in [2.45, 2.75) is 25.5 Å². The summed E-state index contributed by atoms with van der Waals surface area (Å²) in [5.74, 6) is 0.560. The predicted molar refractivity (Wildman–Crippen MR) is 94.8 cm³/mol. The fourth-order valence-electron chi connectivity index (χ4n) is 2.11. The average molecular weight is 335 g/mol. The summed E-state index contributed by atoms with van der Waals surface area (Å²) >= 11 is 0. The van der Waals surface area contributed by atoms with Crippen molar-refractivity contribution < 1.29 is 9.53 Å². The number of carbonyl (C=O) groups is 1. The number of carbonyl (C=O) groups excluding carboxylic acids is 1. The second-order valence-corrected chi connectivity index (χ2v) is 5.52. The molecule has 0 heterocycles. The molecule has 2 atom stereocenters. The van der Waals surface area contributed by atoms with Crippen LogP contribution in [0.3, 0.4) is 0 Å². The lowest BCUT2D eigenvalue weighted by Gasteiger charge is -2.25. The molecule has 3 N–H and O–H groups in total. The van der Waals surface area contributed by atoms with Gasteiger partial charge in [0.15, 0.2) is 0 Å². The normalized spacial score (nSPS) is 14.0. The Balaban J connectivity index is 0.00000264. The maximum absolute atomic E-state index is 12.3. The lowest BCUT2D eigenvalue weighted by atomic mass is 9.92. The van der Waals surface area contributed by atoms with Crippen molar-refractivity contribution in [2.75, 3.05) is 6.54 Å². The largest absolute Gasteiger partial charge is 0.489 e. The van der Waals surface area contributed by atoms with Crippen molar-refractivity contribution in [3.05, 3.63) is 66.2 Å². The van der Waals surface area contributed by atoms with E-state index in [4.69, 9.17) is 10.5 Å². The first-order chi connectivity index (χ1) is 10.5. The zero-order chi connectivity index (χ0) is 16.0. The molecule has 0 fully saturated rings. The van der Waals surface area contributed by atoms with Crippen molar-refractivity contribution in [2.24, 2.45) is 5.73 Å². The molecule has 2 rings (SSSR count). The lowest BCUT2D eigenvalue weighted by molar-refractivity contribution is -0.126. The quantitative estimate of drug-likeness (QED) is 0.853. The molecule has 23 heavy (non-hydrogen) atoms. The van der Waals surface area contributed by atoms with Gasteiger partial charge in [0.1, 0.15) is 17.4 Å². The van der Waals surface area contributed by atoms with Gasteiger partial charge in [0.2, 0.25) is 5.91 Å². The molecule has 1 amide bonds. The second-order valence-electron chi connectivity index (χ2n) is 5.52. The Hall–Kier alpha value is -2.04. The van der Waals surface area contributed by atoms with E-state index in [0.717, 1.165) is 11.3 Å². The summed E-state index contributed by atoms with van der Waals surface area (Å²) in [4.78, 5) is 12.3. The number of nitrogens with two attached hydrogens (primary N) is 1. The number of rotatable bonds is 6. The minimum absolute atomic E-state index is 0. The molecule has 0 radical (unpaired) electrons. The Bertz CT molecular complexity index is 603. The fourth-order valence-corrected chi connectivity index (χ4v) is 2.11. The minimum Gasteiger partial charge on any atom is -0.489 e. The highest BCUT2D eigenvalue weighted by atomic mass is 35.5. The van der Waals surface area contributed by atoms with Crippen LogP contribution in [0.2, 0.25) is 0 Å². The number of hydrogen-bond donors (Lipinski definition) is 2. The van der Waals surface area contributed by atoms with Crippen molar-refractivity contribution in [1.82, 2.24) is 5.32 Å². The molecule has 0 saturated heterocycles. The zero-order valence-electron chi connectivity index (χ0n) is 13.4. The van der Waals surface area contributed by atoms with Gasteiger partial charge in [0, 0.05) is 0 Å². The third-order valence-corrected chi connectivity index (χ3v) is 3.48. The van der Waals surface area contributed by atoms with Crippen LogP contribution < -0.4 is 15.8 Å². The van der Waals surface area contributed by atoms with Gasteiger partial charge in [-0.25, -0.2) is 0 Å². The molecule has 0 saturated carbocycles. The highest BCUT2D eigenvalue weighted by molar-refractivity contribution is 5.87. The summed E-state index contributed by atoms with van der Waals surface area (Å²) in [6.07, 6.45) is -0.141. The molecule has 124 valence electrons. The number of benzene rings is 2. The first-order valence-electron chi connectivity index (χ1n) is 7.34. The van der Waals surface area contributed by atoms with Crippen molar-refractivity contribution in [3.8, 4) is 5.75 Å². The van der Waals surface area contributed by atoms with Gasteiger partial charge < -0.3 is 15.8 Å². The first kappa shape index (κ1) is 19.0. The highest BCUT2D eigenvalue weighted by Crippen LogP contribution is 2.17. The average Bonchev–Trinajstić information content (AvgIpc) is 2.54. The van der Waals surface area contributed by atoms with E-state index in [1.165, 1.54) is 0 Å². The van der Waals surface area contributed by atoms with Gasteiger partial charge in [0.05, 0.1) is 6.54 Å². The summed E-state index contributed by atoms with van der Waals surface area (Å²) in [5.41, 5.74) is 5.89. The molecule has 2 aromatic carbocycles. The predicted octanol–water partition coefficient (Wildman–Crippen LogP) is 2.87. The van der Waals surface area contributed by atoms with Gasteiger partial charge in [-0.05, 0) is 31.5 Å². The lowest BCUT2D eigenvalue weighted by Crippen LogP contribution is -2.50. The molecule has 2 aromatic rings. The molecule has 0 spiro atoms. The Labute approximate surface area is 143 Å².